The fourth-order valence-corrected chi connectivity index (χ4v) is 3.59. The maximum atomic E-state index is 12.9. The number of aromatic nitrogens is 2. The van der Waals surface area contributed by atoms with Crippen LogP contribution in [-0.4, -0.2) is 28.9 Å². The van der Waals surface area contributed by atoms with E-state index in [4.69, 9.17) is 14.5 Å². The molecule has 2 aromatic carbocycles. The molecule has 4 aromatic rings. The van der Waals surface area contributed by atoms with Crippen molar-refractivity contribution in [1.82, 2.24) is 9.38 Å². The summed E-state index contributed by atoms with van der Waals surface area (Å²) in [6.07, 6.45) is 2.59. The summed E-state index contributed by atoms with van der Waals surface area (Å²) in [6, 6.07) is 21.3. The van der Waals surface area contributed by atoms with Crippen molar-refractivity contribution >= 4 is 17.4 Å². The van der Waals surface area contributed by atoms with E-state index in [-0.39, 0.29) is 12.5 Å². The largest absolute Gasteiger partial charge is 0.485 e. The normalized spacial score (nSPS) is 10.8. The molecule has 4 rings (SSSR count). The second kappa shape index (κ2) is 9.56. The van der Waals surface area contributed by atoms with Crippen LogP contribution < -0.4 is 14.4 Å². The fourth-order valence-electron chi connectivity index (χ4n) is 3.59. The first-order chi connectivity index (χ1) is 15.6. The Kier molecular flexibility index (Phi) is 6.40. The Morgan fingerprint density at radius 2 is 1.75 bits per heavy atom. The van der Waals surface area contributed by atoms with E-state index in [9.17, 15) is 4.79 Å². The predicted molar refractivity (Wildman–Crippen MR) is 125 cm³/mol. The van der Waals surface area contributed by atoms with Crippen LogP contribution in [0.5, 0.6) is 11.5 Å². The van der Waals surface area contributed by atoms with Crippen molar-refractivity contribution in [3.8, 4) is 11.5 Å². The van der Waals surface area contributed by atoms with Gasteiger partial charge in [-0.2, -0.15) is 0 Å². The van der Waals surface area contributed by atoms with Crippen LogP contribution in [0, 0.1) is 6.92 Å². The minimum atomic E-state index is -0.156. The molecule has 6 heteroatoms. The molecule has 1 amide bonds. The molecule has 0 saturated carbocycles. The number of imidazole rings is 1. The van der Waals surface area contributed by atoms with Gasteiger partial charge in [0.25, 0.3) is 5.91 Å². The maximum absolute atomic E-state index is 12.9. The smallest absolute Gasteiger partial charge is 0.265 e. The number of ether oxygens (including phenoxy) is 2. The zero-order chi connectivity index (χ0) is 22.5. The molecular formula is C26H27N3O3. The fraction of sp³-hybridized carbons (Fsp3) is 0.231. The average Bonchev–Trinajstić information content (AvgIpc) is 3.21. The van der Waals surface area contributed by atoms with Crippen molar-refractivity contribution in [1.29, 1.82) is 0 Å². The van der Waals surface area contributed by atoms with Crippen LogP contribution in [0.25, 0.3) is 5.65 Å². The van der Waals surface area contributed by atoms with Gasteiger partial charge in [0, 0.05) is 13.2 Å². The summed E-state index contributed by atoms with van der Waals surface area (Å²) in [4.78, 5) is 19.3. The van der Waals surface area contributed by atoms with Gasteiger partial charge in [0.1, 0.15) is 18.2 Å². The first-order valence-corrected chi connectivity index (χ1v) is 10.7. The number of rotatable bonds is 8. The number of anilines is 1. The highest BCUT2D eigenvalue weighted by Gasteiger charge is 2.22. The van der Waals surface area contributed by atoms with Crippen LogP contribution in [-0.2, 0) is 17.8 Å². The SMILES string of the molecule is CCc1nc2c(OCc3ccccc3C)cccn2c1N(C)C(=O)COc1ccccc1. The van der Waals surface area contributed by atoms with Crippen molar-refractivity contribution in [3.05, 3.63) is 89.7 Å². The second-order valence-corrected chi connectivity index (χ2v) is 7.57. The maximum Gasteiger partial charge on any atom is 0.265 e. The van der Waals surface area contributed by atoms with E-state index in [0.717, 1.165) is 17.1 Å². The Labute approximate surface area is 188 Å². The lowest BCUT2D eigenvalue weighted by molar-refractivity contribution is -0.120. The van der Waals surface area contributed by atoms with Gasteiger partial charge in [-0.25, -0.2) is 4.98 Å². The van der Waals surface area contributed by atoms with Gasteiger partial charge in [-0.15, -0.1) is 0 Å². The Bertz CT molecular complexity index is 1220. The van der Waals surface area contributed by atoms with E-state index in [2.05, 4.69) is 19.1 Å². The Morgan fingerprint density at radius 1 is 1.00 bits per heavy atom. The summed E-state index contributed by atoms with van der Waals surface area (Å²) >= 11 is 0. The third kappa shape index (κ3) is 4.44. The number of hydrogen-bond acceptors (Lipinski definition) is 4. The highest BCUT2D eigenvalue weighted by Crippen LogP contribution is 2.29. The van der Waals surface area contributed by atoms with Crippen LogP contribution in [0.4, 0.5) is 5.82 Å². The first-order valence-electron chi connectivity index (χ1n) is 10.7. The van der Waals surface area contributed by atoms with E-state index in [1.165, 1.54) is 5.56 Å². The molecule has 164 valence electrons. The zero-order valence-corrected chi connectivity index (χ0v) is 18.6. The molecule has 32 heavy (non-hydrogen) atoms. The number of hydrogen-bond donors (Lipinski definition) is 0. The number of fused-ring (bicyclic) bond motifs is 1. The first kappa shape index (κ1) is 21.4. The molecule has 2 aromatic heterocycles. The Morgan fingerprint density at radius 3 is 2.50 bits per heavy atom. The summed E-state index contributed by atoms with van der Waals surface area (Å²) in [5.74, 6) is 1.91. The van der Waals surface area contributed by atoms with E-state index < -0.39 is 0 Å². The molecule has 0 N–H and O–H groups in total. The molecule has 0 atom stereocenters. The molecule has 0 aliphatic carbocycles. The Balaban J connectivity index is 1.58. The number of likely N-dealkylation sites (N-methyl/N-ethyl adjacent to an activating group) is 1. The van der Waals surface area contributed by atoms with Crippen molar-refractivity contribution in [3.63, 3.8) is 0 Å². The van der Waals surface area contributed by atoms with Crippen molar-refractivity contribution in [2.75, 3.05) is 18.6 Å². The molecule has 2 heterocycles. The average molecular weight is 430 g/mol. The molecule has 0 aliphatic rings. The quantitative estimate of drug-likeness (QED) is 0.403. The van der Waals surface area contributed by atoms with Gasteiger partial charge in [-0.1, -0.05) is 49.4 Å². The van der Waals surface area contributed by atoms with E-state index >= 15 is 0 Å². The zero-order valence-electron chi connectivity index (χ0n) is 18.6. The lowest BCUT2D eigenvalue weighted by atomic mass is 10.1. The number of pyridine rings is 1. The molecule has 0 aliphatic heterocycles. The second-order valence-electron chi connectivity index (χ2n) is 7.57. The van der Waals surface area contributed by atoms with Crippen molar-refractivity contribution in [2.24, 2.45) is 0 Å². The standard InChI is InChI=1S/C26H27N3O3/c1-4-22-26(28(3)24(30)18-31-21-13-6-5-7-14-21)29-16-10-15-23(25(29)27-22)32-17-20-12-9-8-11-19(20)2/h5-16H,4,17-18H2,1-3H3. The third-order valence-corrected chi connectivity index (χ3v) is 5.44. The number of para-hydroxylation sites is 1. The van der Waals surface area contributed by atoms with E-state index in [1.54, 1.807) is 11.9 Å². The van der Waals surface area contributed by atoms with Crippen LogP contribution >= 0.6 is 0 Å². The number of carbonyl (C=O) groups excluding carboxylic acids is 1. The molecule has 6 nitrogen and oxygen atoms in total. The molecule has 0 radical (unpaired) electrons. The van der Waals surface area contributed by atoms with Crippen LogP contribution in [0.3, 0.4) is 0 Å². The van der Waals surface area contributed by atoms with Crippen LogP contribution in [0.15, 0.2) is 72.9 Å². The van der Waals surface area contributed by atoms with Gasteiger partial charge in [0.05, 0.1) is 5.69 Å². The third-order valence-electron chi connectivity index (χ3n) is 5.44. The van der Waals surface area contributed by atoms with E-state index in [1.807, 2.05) is 72.1 Å². The van der Waals surface area contributed by atoms with Gasteiger partial charge in [0.2, 0.25) is 0 Å². The summed E-state index contributed by atoms with van der Waals surface area (Å²) in [5.41, 5.74) is 3.83. The van der Waals surface area contributed by atoms with Crippen LogP contribution in [0.2, 0.25) is 0 Å². The topological polar surface area (TPSA) is 56.1 Å². The van der Waals surface area contributed by atoms with Gasteiger partial charge >= 0.3 is 0 Å². The van der Waals surface area contributed by atoms with Gasteiger partial charge in [-0.05, 0) is 48.7 Å². The molecule has 0 fully saturated rings. The highest BCUT2D eigenvalue weighted by molar-refractivity contribution is 5.94. The summed E-state index contributed by atoms with van der Waals surface area (Å²) in [6.45, 7) is 4.49. The van der Waals surface area contributed by atoms with Gasteiger partial charge in [-0.3, -0.25) is 14.1 Å². The number of carbonyl (C=O) groups is 1. The minimum absolute atomic E-state index is 0.0552. The molecule has 0 unspecified atom stereocenters. The number of amides is 1. The summed E-state index contributed by atoms with van der Waals surface area (Å²) < 4.78 is 13.7. The summed E-state index contributed by atoms with van der Waals surface area (Å²) in [5, 5.41) is 0. The predicted octanol–water partition coefficient (Wildman–Crippen LogP) is 4.83. The Hall–Kier alpha value is -3.80. The molecule has 0 saturated heterocycles. The molecular weight excluding hydrogens is 402 g/mol. The van der Waals surface area contributed by atoms with Crippen molar-refractivity contribution < 1.29 is 14.3 Å². The van der Waals surface area contributed by atoms with Crippen molar-refractivity contribution in [2.45, 2.75) is 26.9 Å². The number of aryl methyl sites for hydroxylation is 2. The monoisotopic (exact) mass is 429 g/mol. The van der Waals surface area contributed by atoms with Crippen LogP contribution in [0.1, 0.15) is 23.7 Å². The lowest BCUT2D eigenvalue weighted by Gasteiger charge is -2.18. The highest BCUT2D eigenvalue weighted by atomic mass is 16.5. The number of nitrogens with zero attached hydrogens (tertiary/aromatic N) is 3. The van der Waals surface area contributed by atoms with Gasteiger partial charge < -0.3 is 9.47 Å². The van der Waals surface area contributed by atoms with E-state index in [0.29, 0.717) is 30.2 Å². The lowest BCUT2D eigenvalue weighted by Crippen LogP contribution is -2.32. The number of benzene rings is 2. The molecule has 0 bridgehead atoms. The molecule has 0 spiro atoms. The summed E-state index contributed by atoms with van der Waals surface area (Å²) in [7, 11) is 1.75. The minimum Gasteiger partial charge on any atom is -0.485 e. The van der Waals surface area contributed by atoms with Gasteiger partial charge in [0.15, 0.2) is 18.0 Å².